The number of nitrogens with one attached hydrogen (secondary N) is 1. The van der Waals surface area contributed by atoms with Crippen molar-refractivity contribution in [2.24, 2.45) is 0 Å². The number of hydrogen-bond acceptors (Lipinski definition) is 9. The summed E-state index contributed by atoms with van der Waals surface area (Å²) < 4.78 is 36.6. The minimum Gasteiger partial charge on any atom is -0.477 e. The maximum Gasteiger partial charge on any atom is 0.279 e. The number of unbranched alkanes of at least 4 members (excludes halogenated alkanes) is 1. The van der Waals surface area contributed by atoms with E-state index in [1.165, 1.54) is 16.6 Å². The van der Waals surface area contributed by atoms with Crippen molar-refractivity contribution >= 4 is 21.1 Å². The molecule has 40 heavy (non-hydrogen) atoms. The van der Waals surface area contributed by atoms with Crippen molar-refractivity contribution in [3.8, 4) is 17.3 Å². The first-order valence-corrected chi connectivity index (χ1v) is 15.8. The predicted octanol–water partition coefficient (Wildman–Crippen LogP) is 2.13. The van der Waals surface area contributed by atoms with Gasteiger partial charge in [-0.1, -0.05) is 34.1 Å². The molecule has 0 aromatic carbocycles. The number of aromatic nitrogens is 5. The van der Waals surface area contributed by atoms with Gasteiger partial charge in [-0.25, -0.2) is 18.4 Å². The molecule has 3 aromatic heterocycles. The van der Waals surface area contributed by atoms with Crippen molar-refractivity contribution < 1.29 is 13.2 Å². The number of nitrogens with zero attached hydrogens (tertiary/aromatic N) is 7. The number of sulfonamides is 1. The molecule has 5 heterocycles. The third kappa shape index (κ3) is 5.39. The normalized spacial score (nSPS) is 17.9. The molecule has 0 unspecified atom stereocenters. The van der Waals surface area contributed by atoms with Gasteiger partial charge in [0, 0.05) is 39.3 Å². The summed E-state index contributed by atoms with van der Waals surface area (Å²) in [6, 6.07) is 1.73. The lowest BCUT2D eigenvalue weighted by Crippen LogP contribution is -2.48. The van der Waals surface area contributed by atoms with Crippen LogP contribution in [-0.4, -0.2) is 106 Å². The molecule has 218 valence electrons. The van der Waals surface area contributed by atoms with Gasteiger partial charge in [-0.05, 0) is 32.0 Å². The van der Waals surface area contributed by atoms with Gasteiger partial charge in [0.25, 0.3) is 5.56 Å². The number of aromatic amines is 1. The van der Waals surface area contributed by atoms with Crippen LogP contribution in [-0.2, 0) is 16.4 Å². The van der Waals surface area contributed by atoms with Crippen molar-refractivity contribution in [2.45, 2.75) is 57.9 Å². The number of rotatable bonds is 11. The van der Waals surface area contributed by atoms with Crippen LogP contribution in [0.1, 0.15) is 52.3 Å². The highest BCUT2D eigenvalue weighted by Gasteiger charge is 2.32. The highest BCUT2D eigenvalue weighted by atomic mass is 32.2. The molecule has 12 nitrogen and oxygen atoms in total. The second-order valence-electron chi connectivity index (χ2n) is 10.4. The van der Waals surface area contributed by atoms with Gasteiger partial charge >= 0.3 is 0 Å². The van der Waals surface area contributed by atoms with Crippen LogP contribution in [0.2, 0.25) is 0 Å². The quantitative estimate of drug-likeness (QED) is 0.344. The molecule has 0 saturated carbocycles. The van der Waals surface area contributed by atoms with Crippen molar-refractivity contribution in [2.75, 3.05) is 59.0 Å². The highest BCUT2D eigenvalue weighted by molar-refractivity contribution is 7.89. The second-order valence-corrected chi connectivity index (χ2v) is 12.4. The average molecular weight is 573 g/mol. The van der Waals surface area contributed by atoms with Crippen LogP contribution in [0.25, 0.3) is 22.4 Å². The van der Waals surface area contributed by atoms with Gasteiger partial charge in [0.1, 0.15) is 16.2 Å². The number of piperazine rings is 1. The van der Waals surface area contributed by atoms with Crippen LogP contribution in [0, 0.1) is 0 Å². The number of hydrogen-bond donors (Lipinski definition) is 1. The smallest absolute Gasteiger partial charge is 0.279 e. The Bertz CT molecular complexity index is 1500. The van der Waals surface area contributed by atoms with Crippen molar-refractivity contribution in [3.05, 3.63) is 28.3 Å². The van der Waals surface area contributed by atoms with Gasteiger partial charge in [0.15, 0.2) is 5.52 Å². The Morgan fingerprint density at radius 2 is 1.75 bits per heavy atom. The Labute approximate surface area is 235 Å². The SMILES string of the molecule is CCCCOc1ncc(S(=O)(=O)N2CCN(CC)CC2)cc1-c1nc2c(CC)n(C3CN(CC)C3)nc2c(=O)[nH]1. The van der Waals surface area contributed by atoms with Crippen molar-refractivity contribution in [1.82, 2.24) is 38.8 Å². The minimum absolute atomic E-state index is 0.0542. The highest BCUT2D eigenvalue weighted by Crippen LogP contribution is 2.31. The molecule has 0 amide bonds. The monoisotopic (exact) mass is 572 g/mol. The molecule has 5 rings (SSSR count). The molecule has 3 aromatic rings. The van der Waals surface area contributed by atoms with Gasteiger partial charge in [0.05, 0.1) is 30.1 Å². The molecule has 0 spiro atoms. The van der Waals surface area contributed by atoms with E-state index in [1.807, 2.05) is 11.6 Å². The van der Waals surface area contributed by atoms with E-state index in [0.29, 0.717) is 50.3 Å². The zero-order valence-corrected chi connectivity index (χ0v) is 24.7. The third-order valence-corrected chi connectivity index (χ3v) is 9.82. The average Bonchev–Trinajstić information content (AvgIpc) is 3.31. The number of likely N-dealkylation sites (N-methyl/N-ethyl adjacent to an activating group) is 2. The van der Waals surface area contributed by atoms with Gasteiger partial charge in [-0.3, -0.25) is 14.4 Å². The number of likely N-dealkylation sites (tertiary alicyclic amines) is 1. The zero-order chi connectivity index (χ0) is 28.4. The minimum atomic E-state index is -3.79. The standard InChI is InChI=1S/C27H40N8O4S/c1-5-9-14-39-27-21(15-20(16-28-27)40(37,38)34-12-10-32(7-3)11-13-34)25-29-23-22(6-2)35(19-17-33(8-4)18-19)31-24(23)26(36)30-25/h15-16,19H,5-14,17-18H2,1-4H3,(H,29,30,36). The van der Waals surface area contributed by atoms with Crippen LogP contribution >= 0.6 is 0 Å². The largest absolute Gasteiger partial charge is 0.477 e. The van der Waals surface area contributed by atoms with Crippen LogP contribution < -0.4 is 10.3 Å². The van der Waals surface area contributed by atoms with E-state index >= 15 is 0 Å². The molecule has 0 radical (unpaired) electrons. The van der Waals surface area contributed by atoms with E-state index in [9.17, 15) is 13.2 Å². The van der Waals surface area contributed by atoms with Gasteiger partial charge in [-0.15, -0.1) is 0 Å². The molecule has 0 bridgehead atoms. The van der Waals surface area contributed by atoms with E-state index in [1.54, 1.807) is 0 Å². The number of ether oxygens (including phenoxy) is 1. The van der Waals surface area contributed by atoms with E-state index < -0.39 is 10.0 Å². The molecule has 0 atom stereocenters. The lowest BCUT2D eigenvalue weighted by atomic mass is 10.1. The lowest BCUT2D eigenvalue weighted by molar-refractivity contribution is 0.104. The zero-order valence-electron chi connectivity index (χ0n) is 23.9. The maximum absolute atomic E-state index is 13.6. The summed E-state index contributed by atoms with van der Waals surface area (Å²) in [5.74, 6) is 0.469. The Morgan fingerprint density at radius 3 is 2.40 bits per heavy atom. The van der Waals surface area contributed by atoms with E-state index in [2.05, 4.69) is 45.6 Å². The van der Waals surface area contributed by atoms with Gasteiger partial charge in [-0.2, -0.15) is 9.40 Å². The summed E-state index contributed by atoms with van der Waals surface area (Å²) in [6.07, 6.45) is 3.75. The fraction of sp³-hybridized carbons (Fsp3) is 0.630. The van der Waals surface area contributed by atoms with Crippen LogP contribution in [0.5, 0.6) is 5.88 Å². The third-order valence-electron chi connectivity index (χ3n) is 7.95. The van der Waals surface area contributed by atoms with E-state index in [0.717, 1.165) is 44.7 Å². The summed E-state index contributed by atoms with van der Waals surface area (Å²) >= 11 is 0. The number of H-pyrrole nitrogens is 1. The topological polar surface area (TPSA) is 130 Å². The fourth-order valence-corrected chi connectivity index (χ4v) is 6.75. The number of aryl methyl sites for hydroxylation is 1. The maximum atomic E-state index is 13.6. The van der Waals surface area contributed by atoms with E-state index in [4.69, 9.17) is 9.72 Å². The molecule has 1 N–H and O–H groups in total. The first-order valence-electron chi connectivity index (χ1n) is 14.4. The first kappa shape index (κ1) is 28.7. The van der Waals surface area contributed by atoms with Gasteiger partial charge in [0.2, 0.25) is 15.9 Å². The van der Waals surface area contributed by atoms with Crippen molar-refractivity contribution in [3.63, 3.8) is 0 Å². The molecule has 2 aliphatic rings. The lowest BCUT2D eigenvalue weighted by Gasteiger charge is -2.39. The Hall–Kier alpha value is -2.87. The Balaban J connectivity index is 1.57. The Morgan fingerprint density at radius 1 is 1.02 bits per heavy atom. The number of fused-ring (bicyclic) bond motifs is 1. The summed E-state index contributed by atoms with van der Waals surface area (Å²) in [7, 11) is -3.79. The Kier molecular flexibility index (Phi) is 8.55. The van der Waals surface area contributed by atoms with Gasteiger partial charge < -0.3 is 14.6 Å². The first-order chi connectivity index (χ1) is 19.3. The second kappa shape index (κ2) is 11.9. The molecule has 2 saturated heterocycles. The summed E-state index contributed by atoms with van der Waals surface area (Å²) in [4.78, 5) is 30.0. The molecule has 2 aliphatic heterocycles. The fourth-order valence-electron chi connectivity index (χ4n) is 5.36. The molecular weight excluding hydrogens is 532 g/mol. The van der Waals surface area contributed by atoms with Crippen LogP contribution in [0.3, 0.4) is 0 Å². The molecular formula is C27H40N8O4S. The molecule has 13 heteroatoms. The van der Waals surface area contributed by atoms with Crippen molar-refractivity contribution in [1.29, 1.82) is 0 Å². The molecule has 2 fully saturated rings. The summed E-state index contributed by atoms with van der Waals surface area (Å²) in [6.45, 7) is 14.5. The van der Waals surface area contributed by atoms with Crippen LogP contribution in [0.4, 0.5) is 0 Å². The molecule has 0 aliphatic carbocycles. The predicted molar refractivity (Wildman–Crippen MR) is 153 cm³/mol. The number of pyridine rings is 1. The summed E-state index contributed by atoms with van der Waals surface area (Å²) in [5.41, 5.74) is 1.68. The van der Waals surface area contributed by atoms with Crippen LogP contribution in [0.15, 0.2) is 22.0 Å². The van der Waals surface area contributed by atoms with E-state index in [-0.39, 0.29) is 33.7 Å². The summed E-state index contributed by atoms with van der Waals surface area (Å²) in [5, 5.41) is 4.65.